The first-order chi connectivity index (χ1) is 14.9. The molecule has 0 saturated carbocycles. The summed E-state index contributed by atoms with van der Waals surface area (Å²) in [5, 5.41) is 35.7. The van der Waals surface area contributed by atoms with Crippen LogP contribution in [0, 0.1) is 10.1 Å². The number of fused-ring (bicyclic) bond motifs is 1. The number of carbonyl (C=O) groups is 1. The molecule has 3 aromatic rings. The molecule has 3 N–H and O–H groups in total. The van der Waals surface area contributed by atoms with Gasteiger partial charge in [-0.2, -0.15) is 0 Å². The van der Waals surface area contributed by atoms with E-state index in [0.717, 1.165) is 0 Å². The Kier molecular flexibility index (Phi) is 6.54. The molecule has 9 heteroatoms. The minimum atomic E-state index is -0.927. The van der Waals surface area contributed by atoms with E-state index in [1.54, 1.807) is 19.1 Å². The van der Waals surface area contributed by atoms with Crippen molar-refractivity contribution in [2.75, 3.05) is 6.61 Å². The van der Waals surface area contributed by atoms with Gasteiger partial charge < -0.3 is 20.3 Å². The van der Waals surface area contributed by atoms with Crippen LogP contribution in [-0.4, -0.2) is 32.6 Å². The number of ether oxygens (including phenoxy) is 1. The third-order valence-corrected chi connectivity index (χ3v) is 4.78. The Balaban J connectivity index is 2.24. The molecule has 1 heterocycles. The summed E-state index contributed by atoms with van der Waals surface area (Å²) in [6.07, 6.45) is 2.26. The highest BCUT2D eigenvalue weighted by molar-refractivity contribution is 5.94. The molecule has 9 nitrogen and oxygen atoms in total. The van der Waals surface area contributed by atoms with Crippen LogP contribution in [0.1, 0.15) is 43.9 Å². The number of nitro groups is 1. The summed E-state index contributed by atoms with van der Waals surface area (Å²) in [6.45, 7) is 3.92. The lowest BCUT2D eigenvalue weighted by Gasteiger charge is -2.22. The SMILES string of the molecule is CCCC(=O)N[C@H](c1ccc(O)c(OCC)c1)c1cc([N+](=O)[O-])c2cccnc2c1O. The fraction of sp³-hybridized carbons (Fsp3) is 0.273. The van der Waals surface area contributed by atoms with Crippen molar-refractivity contribution in [1.29, 1.82) is 0 Å². The fourth-order valence-corrected chi connectivity index (χ4v) is 3.38. The van der Waals surface area contributed by atoms with E-state index in [1.165, 1.54) is 30.5 Å². The molecule has 0 aliphatic carbocycles. The van der Waals surface area contributed by atoms with E-state index in [-0.39, 0.29) is 51.7 Å². The first-order valence-electron chi connectivity index (χ1n) is 9.87. The van der Waals surface area contributed by atoms with Crippen LogP contribution >= 0.6 is 0 Å². The maximum Gasteiger partial charge on any atom is 0.279 e. The molecule has 0 spiro atoms. The van der Waals surface area contributed by atoms with E-state index >= 15 is 0 Å². The van der Waals surface area contributed by atoms with Gasteiger partial charge in [0.05, 0.1) is 23.0 Å². The van der Waals surface area contributed by atoms with Gasteiger partial charge in [-0.25, -0.2) is 0 Å². The number of rotatable bonds is 8. The number of amides is 1. The number of phenolic OH excluding ortho intramolecular Hbond substituents is 2. The first-order valence-corrected chi connectivity index (χ1v) is 9.87. The molecule has 0 radical (unpaired) electrons. The summed E-state index contributed by atoms with van der Waals surface area (Å²) in [6, 6.07) is 7.86. The van der Waals surface area contributed by atoms with Crippen molar-refractivity contribution in [2.24, 2.45) is 0 Å². The number of hydrogen-bond acceptors (Lipinski definition) is 7. The number of benzene rings is 2. The summed E-state index contributed by atoms with van der Waals surface area (Å²) >= 11 is 0. The molecule has 0 aliphatic rings. The number of non-ortho nitro benzene ring substituents is 1. The van der Waals surface area contributed by atoms with E-state index < -0.39 is 11.0 Å². The van der Waals surface area contributed by atoms with E-state index in [0.29, 0.717) is 18.6 Å². The largest absolute Gasteiger partial charge is 0.505 e. The molecule has 1 amide bonds. The molecule has 1 atom stereocenters. The minimum absolute atomic E-state index is 0.0604. The zero-order valence-electron chi connectivity index (χ0n) is 17.2. The zero-order chi connectivity index (χ0) is 22.5. The maximum atomic E-state index is 12.4. The number of aromatic hydroxyl groups is 2. The quantitative estimate of drug-likeness (QED) is 0.367. The molecular weight excluding hydrogens is 402 g/mol. The van der Waals surface area contributed by atoms with Gasteiger partial charge in [0.15, 0.2) is 11.5 Å². The molecule has 0 aliphatic heterocycles. The lowest BCUT2D eigenvalue weighted by atomic mass is 9.94. The van der Waals surface area contributed by atoms with Gasteiger partial charge in [-0.05, 0) is 43.2 Å². The molecule has 0 bridgehead atoms. The van der Waals surface area contributed by atoms with Crippen LogP contribution < -0.4 is 10.1 Å². The van der Waals surface area contributed by atoms with Gasteiger partial charge in [0.2, 0.25) is 5.91 Å². The summed E-state index contributed by atoms with van der Waals surface area (Å²) in [5.41, 5.74) is 0.417. The summed E-state index contributed by atoms with van der Waals surface area (Å²) < 4.78 is 5.43. The van der Waals surface area contributed by atoms with Crippen LogP contribution in [0.3, 0.4) is 0 Å². The van der Waals surface area contributed by atoms with E-state index in [4.69, 9.17) is 4.74 Å². The van der Waals surface area contributed by atoms with E-state index in [2.05, 4.69) is 10.3 Å². The van der Waals surface area contributed by atoms with Gasteiger partial charge in [-0.3, -0.25) is 19.9 Å². The predicted molar refractivity (Wildman–Crippen MR) is 114 cm³/mol. The van der Waals surface area contributed by atoms with Crippen LogP contribution in [0.15, 0.2) is 42.6 Å². The second-order valence-corrected chi connectivity index (χ2v) is 6.90. The van der Waals surface area contributed by atoms with Gasteiger partial charge in [0.1, 0.15) is 11.3 Å². The Morgan fingerprint density at radius 1 is 1.26 bits per heavy atom. The van der Waals surface area contributed by atoms with Crippen LogP contribution in [-0.2, 0) is 4.79 Å². The molecule has 3 rings (SSSR count). The van der Waals surface area contributed by atoms with Crippen molar-refractivity contribution >= 4 is 22.5 Å². The van der Waals surface area contributed by atoms with Crippen LogP contribution in [0.25, 0.3) is 10.9 Å². The highest BCUT2D eigenvalue weighted by Gasteiger charge is 2.27. The Bertz CT molecular complexity index is 1130. The van der Waals surface area contributed by atoms with Crippen molar-refractivity contribution in [3.63, 3.8) is 0 Å². The Hall–Kier alpha value is -3.88. The zero-order valence-corrected chi connectivity index (χ0v) is 17.2. The number of aromatic nitrogens is 1. The summed E-state index contributed by atoms with van der Waals surface area (Å²) in [4.78, 5) is 27.7. The number of nitro benzene ring substituents is 1. The summed E-state index contributed by atoms with van der Waals surface area (Å²) in [5.74, 6) is -0.446. The molecule has 31 heavy (non-hydrogen) atoms. The number of carbonyl (C=O) groups excluding carboxylic acids is 1. The van der Waals surface area contributed by atoms with Crippen LogP contribution in [0.5, 0.6) is 17.2 Å². The molecule has 162 valence electrons. The van der Waals surface area contributed by atoms with Gasteiger partial charge in [0, 0.05) is 24.2 Å². The van der Waals surface area contributed by atoms with Gasteiger partial charge >= 0.3 is 0 Å². The van der Waals surface area contributed by atoms with Crippen LogP contribution in [0.4, 0.5) is 5.69 Å². The maximum absolute atomic E-state index is 12.4. The smallest absolute Gasteiger partial charge is 0.279 e. The summed E-state index contributed by atoms with van der Waals surface area (Å²) in [7, 11) is 0. The molecule has 0 unspecified atom stereocenters. The first kappa shape index (κ1) is 21.8. The fourth-order valence-electron chi connectivity index (χ4n) is 3.38. The third kappa shape index (κ3) is 4.50. The molecular formula is C22H23N3O6. The number of phenols is 2. The van der Waals surface area contributed by atoms with E-state index in [1.807, 2.05) is 6.92 Å². The standard InChI is InChI=1S/C22H23N3O6/c1-3-6-19(27)24-20(13-8-9-17(26)18(11-13)31-4-2)15-12-16(25(29)30)14-7-5-10-23-21(14)22(15)28/h5,7-12,20,26,28H,3-4,6H2,1-2H3,(H,24,27)/t20-/m1/s1. The molecule has 2 aromatic carbocycles. The minimum Gasteiger partial charge on any atom is -0.505 e. The topological polar surface area (TPSA) is 135 Å². The second kappa shape index (κ2) is 9.29. The number of nitrogens with zero attached hydrogens (tertiary/aromatic N) is 2. The predicted octanol–water partition coefficient (Wildman–Crippen LogP) is 3.96. The Morgan fingerprint density at radius 2 is 2.03 bits per heavy atom. The Labute approximate surface area is 178 Å². The average Bonchev–Trinajstić information content (AvgIpc) is 2.74. The van der Waals surface area contributed by atoms with Gasteiger partial charge in [0.25, 0.3) is 5.69 Å². The van der Waals surface area contributed by atoms with Crippen molar-refractivity contribution in [1.82, 2.24) is 10.3 Å². The van der Waals surface area contributed by atoms with Crippen LogP contribution in [0.2, 0.25) is 0 Å². The number of hydrogen-bond donors (Lipinski definition) is 3. The van der Waals surface area contributed by atoms with Crippen molar-refractivity contribution in [2.45, 2.75) is 32.7 Å². The monoisotopic (exact) mass is 425 g/mol. The van der Waals surface area contributed by atoms with Crippen molar-refractivity contribution in [3.05, 3.63) is 63.8 Å². The molecule has 0 saturated heterocycles. The lowest BCUT2D eigenvalue weighted by Crippen LogP contribution is -2.29. The molecule has 1 aromatic heterocycles. The van der Waals surface area contributed by atoms with Crippen molar-refractivity contribution in [3.8, 4) is 17.2 Å². The Morgan fingerprint density at radius 3 is 2.71 bits per heavy atom. The van der Waals surface area contributed by atoms with Crippen molar-refractivity contribution < 1.29 is 24.7 Å². The lowest BCUT2D eigenvalue weighted by molar-refractivity contribution is -0.383. The highest BCUT2D eigenvalue weighted by atomic mass is 16.6. The number of pyridine rings is 1. The highest BCUT2D eigenvalue weighted by Crippen LogP contribution is 2.41. The molecule has 0 fully saturated rings. The third-order valence-electron chi connectivity index (χ3n) is 4.78. The van der Waals surface area contributed by atoms with Gasteiger partial charge in [-0.15, -0.1) is 0 Å². The average molecular weight is 425 g/mol. The van der Waals surface area contributed by atoms with E-state index in [9.17, 15) is 25.1 Å². The normalized spacial score (nSPS) is 11.8. The second-order valence-electron chi connectivity index (χ2n) is 6.90. The number of nitrogens with one attached hydrogen (secondary N) is 1. The van der Waals surface area contributed by atoms with Gasteiger partial charge in [-0.1, -0.05) is 13.0 Å².